The second-order valence-electron chi connectivity index (χ2n) is 6.28. The maximum Gasteiger partial charge on any atom is 0.244 e. The number of aryl methyl sites for hydroxylation is 1. The van der Waals surface area contributed by atoms with Crippen molar-refractivity contribution in [1.29, 1.82) is 0 Å². The first-order valence-corrected chi connectivity index (χ1v) is 9.95. The lowest BCUT2D eigenvalue weighted by atomic mass is 10.2. The lowest BCUT2D eigenvalue weighted by molar-refractivity contribution is -0.116. The Hall–Kier alpha value is -3.25. The molecular formula is C22H19N3O2S. The van der Waals surface area contributed by atoms with Crippen LogP contribution < -0.4 is 5.32 Å². The number of carbonyl (C=O) groups is 1. The highest BCUT2D eigenvalue weighted by molar-refractivity contribution is 7.09. The van der Waals surface area contributed by atoms with Crippen LogP contribution in [-0.2, 0) is 11.2 Å². The molecule has 1 N–H and O–H groups in total. The van der Waals surface area contributed by atoms with Gasteiger partial charge in [-0.15, -0.1) is 11.3 Å². The Morgan fingerprint density at radius 1 is 1.18 bits per heavy atom. The van der Waals surface area contributed by atoms with Crippen molar-refractivity contribution in [2.45, 2.75) is 12.8 Å². The SMILES string of the molecule is O=C(C=Cc1cc2ccccc2o1)NCCCc1nc(-c2ccncc2)cs1. The summed E-state index contributed by atoms with van der Waals surface area (Å²) in [5.41, 5.74) is 2.86. The van der Waals surface area contributed by atoms with Crippen molar-refractivity contribution in [2.75, 3.05) is 6.54 Å². The van der Waals surface area contributed by atoms with Crippen molar-refractivity contribution in [1.82, 2.24) is 15.3 Å². The molecule has 3 aromatic heterocycles. The molecule has 1 amide bonds. The third-order valence-electron chi connectivity index (χ3n) is 4.24. The quantitative estimate of drug-likeness (QED) is 0.367. The first-order valence-electron chi connectivity index (χ1n) is 9.07. The molecule has 0 bridgehead atoms. The van der Waals surface area contributed by atoms with Gasteiger partial charge in [0.05, 0.1) is 10.7 Å². The van der Waals surface area contributed by atoms with Crippen LogP contribution in [0.4, 0.5) is 0 Å². The summed E-state index contributed by atoms with van der Waals surface area (Å²) < 4.78 is 5.66. The second-order valence-corrected chi connectivity index (χ2v) is 7.22. The molecule has 0 aliphatic rings. The normalized spacial score (nSPS) is 11.3. The summed E-state index contributed by atoms with van der Waals surface area (Å²) in [6, 6.07) is 13.6. The lowest BCUT2D eigenvalue weighted by Gasteiger charge is -2.00. The number of aromatic nitrogens is 2. The zero-order valence-electron chi connectivity index (χ0n) is 15.2. The molecule has 0 spiro atoms. The number of nitrogens with zero attached hydrogens (tertiary/aromatic N) is 2. The number of hydrogen-bond donors (Lipinski definition) is 1. The van der Waals surface area contributed by atoms with Gasteiger partial charge in [0.15, 0.2) is 0 Å². The van der Waals surface area contributed by atoms with E-state index in [2.05, 4.69) is 20.7 Å². The van der Waals surface area contributed by atoms with Gasteiger partial charge in [0.1, 0.15) is 11.3 Å². The summed E-state index contributed by atoms with van der Waals surface area (Å²) >= 11 is 1.64. The topological polar surface area (TPSA) is 68.0 Å². The third-order valence-corrected chi connectivity index (χ3v) is 5.15. The molecule has 3 heterocycles. The Balaban J connectivity index is 1.23. The van der Waals surface area contributed by atoms with E-state index in [4.69, 9.17) is 4.42 Å². The van der Waals surface area contributed by atoms with Crippen LogP contribution in [0.3, 0.4) is 0 Å². The maximum absolute atomic E-state index is 12.0. The highest BCUT2D eigenvalue weighted by Crippen LogP contribution is 2.22. The average molecular weight is 389 g/mol. The van der Waals surface area contributed by atoms with Crippen molar-refractivity contribution in [2.24, 2.45) is 0 Å². The van der Waals surface area contributed by atoms with Gasteiger partial charge in [-0.05, 0) is 36.8 Å². The van der Waals surface area contributed by atoms with Crippen LogP contribution in [0, 0.1) is 0 Å². The molecule has 0 unspecified atom stereocenters. The zero-order valence-corrected chi connectivity index (χ0v) is 16.0. The van der Waals surface area contributed by atoms with E-state index in [0.717, 1.165) is 40.1 Å². The zero-order chi connectivity index (χ0) is 19.2. The number of para-hydroxylation sites is 1. The van der Waals surface area contributed by atoms with E-state index in [9.17, 15) is 4.79 Å². The minimum Gasteiger partial charge on any atom is -0.457 e. The molecule has 0 aliphatic carbocycles. The Kier molecular flexibility index (Phi) is 5.58. The summed E-state index contributed by atoms with van der Waals surface area (Å²) in [6.07, 6.45) is 8.40. The standard InChI is InChI=1S/C22H19N3O2S/c26-21(8-7-18-14-17-4-1-2-5-20(17)27-18)24-11-3-6-22-25-19(15-28-22)16-9-12-23-13-10-16/h1-2,4-5,7-10,12-15H,3,6,11H2,(H,24,26). The van der Waals surface area contributed by atoms with Gasteiger partial charge < -0.3 is 9.73 Å². The first kappa shape index (κ1) is 18.1. The van der Waals surface area contributed by atoms with Crippen LogP contribution in [0.15, 0.2) is 70.7 Å². The van der Waals surface area contributed by atoms with E-state index >= 15 is 0 Å². The summed E-state index contributed by atoms with van der Waals surface area (Å²) in [5.74, 6) is 0.542. The van der Waals surface area contributed by atoms with Crippen LogP contribution in [0.1, 0.15) is 17.2 Å². The van der Waals surface area contributed by atoms with Gasteiger partial charge in [0.2, 0.25) is 5.91 Å². The number of thiazole rings is 1. The van der Waals surface area contributed by atoms with Crippen LogP contribution in [0.5, 0.6) is 0 Å². The number of carbonyl (C=O) groups excluding carboxylic acids is 1. The van der Waals surface area contributed by atoms with Crippen LogP contribution >= 0.6 is 11.3 Å². The van der Waals surface area contributed by atoms with Gasteiger partial charge in [-0.1, -0.05) is 18.2 Å². The predicted molar refractivity (Wildman–Crippen MR) is 112 cm³/mol. The number of nitrogens with one attached hydrogen (secondary N) is 1. The van der Waals surface area contributed by atoms with Crippen molar-refractivity contribution >= 4 is 34.3 Å². The number of hydrogen-bond acceptors (Lipinski definition) is 5. The molecule has 4 rings (SSSR count). The van der Waals surface area contributed by atoms with Crippen molar-refractivity contribution in [3.05, 3.63) is 77.1 Å². The van der Waals surface area contributed by atoms with Crippen molar-refractivity contribution < 1.29 is 9.21 Å². The monoisotopic (exact) mass is 389 g/mol. The predicted octanol–water partition coefficient (Wildman–Crippen LogP) is 4.71. The Morgan fingerprint density at radius 2 is 2.04 bits per heavy atom. The Labute approximate surface area is 166 Å². The van der Waals surface area contributed by atoms with Crippen LogP contribution in [0.25, 0.3) is 28.3 Å². The molecule has 140 valence electrons. The minimum absolute atomic E-state index is 0.128. The van der Waals surface area contributed by atoms with E-state index < -0.39 is 0 Å². The summed E-state index contributed by atoms with van der Waals surface area (Å²) in [7, 11) is 0. The summed E-state index contributed by atoms with van der Waals surface area (Å²) in [5, 5.41) is 7.05. The molecule has 0 saturated heterocycles. The van der Waals surface area contributed by atoms with Crippen molar-refractivity contribution in [3.8, 4) is 11.3 Å². The maximum atomic E-state index is 12.0. The van der Waals surface area contributed by atoms with E-state index in [1.165, 1.54) is 6.08 Å². The number of rotatable bonds is 7. The average Bonchev–Trinajstić information content (AvgIpc) is 3.37. The van der Waals surface area contributed by atoms with Gasteiger partial charge in [-0.25, -0.2) is 4.98 Å². The lowest BCUT2D eigenvalue weighted by Crippen LogP contribution is -2.22. The molecule has 1 aromatic carbocycles. The molecule has 0 aliphatic heterocycles. The highest BCUT2D eigenvalue weighted by atomic mass is 32.1. The van der Waals surface area contributed by atoms with E-state index in [-0.39, 0.29) is 5.91 Å². The molecule has 5 nitrogen and oxygen atoms in total. The van der Waals surface area contributed by atoms with E-state index in [0.29, 0.717) is 12.3 Å². The molecule has 0 atom stereocenters. The fourth-order valence-corrected chi connectivity index (χ4v) is 3.68. The smallest absolute Gasteiger partial charge is 0.244 e. The number of benzene rings is 1. The summed E-state index contributed by atoms with van der Waals surface area (Å²) in [6.45, 7) is 0.605. The fourth-order valence-electron chi connectivity index (χ4n) is 2.83. The largest absolute Gasteiger partial charge is 0.457 e. The summed E-state index contributed by atoms with van der Waals surface area (Å²) in [4.78, 5) is 20.6. The number of fused-ring (bicyclic) bond motifs is 1. The Morgan fingerprint density at radius 3 is 2.89 bits per heavy atom. The molecule has 4 aromatic rings. The van der Waals surface area contributed by atoms with Gasteiger partial charge in [-0.3, -0.25) is 9.78 Å². The number of pyridine rings is 1. The molecule has 28 heavy (non-hydrogen) atoms. The van der Waals surface area contributed by atoms with Gasteiger partial charge >= 0.3 is 0 Å². The molecule has 0 saturated carbocycles. The first-order chi connectivity index (χ1) is 13.8. The van der Waals surface area contributed by atoms with Gasteiger partial charge in [0, 0.05) is 47.8 Å². The molecule has 0 fully saturated rings. The van der Waals surface area contributed by atoms with Crippen LogP contribution in [0.2, 0.25) is 0 Å². The van der Waals surface area contributed by atoms with E-state index in [1.54, 1.807) is 29.8 Å². The fraction of sp³-hybridized carbons (Fsp3) is 0.136. The minimum atomic E-state index is -0.128. The number of furan rings is 1. The second kappa shape index (κ2) is 8.63. The van der Waals surface area contributed by atoms with E-state index in [1.807, 2.05) is 42.5 Å². The van der Waals surface area contributed by atoms with Crippen LogP contribution in [-0.4, -0.2) is 22.4 Å². The number of amides is 1. The molecule has 0 radical (unpaired) electrons. The Bertz CT molecular complexity index is 1070. The molecule has 6 heteroatoms. The highest BCUT2D eigenvalue weighted by Gasteiger charge is 2.05. The third kappa shape index (κ3) is 4.53. The van der Waals surface area contributed by atoms with Gasteiger partial charge in [0.25, 0.3) is 0 Å². The molecular weight excluding hydrogens is 370 g/mol. The van der Waals surface area contributed by atoms with Crippen molar-refractivity contribution in [3.63, 3.8) is 0 Å². The van der Waals surface area contributed by atoms with Gasteiger partial charge in [-0.2, -0.15) is 0 Å².